The number of hydrogen-bond donors (Lipinski definition) is 0. The molecule has 2 heterocycles. The van der Waals surface area contributed by atoms with E-state index < -0.39 is 13.7 Å². The smallest absolute Gasteiger partial charge is 0.411 e. The summed E-state index contributed by atoms with van der Waals surface area (Å²) >= 11 is 3.55. The van der Waals surface area contributed by atoms with Crippen molar-refractivity contribution in [2.24, 2.45) is 0 Å². The van der Waals surface area contributed by atoms with Crippen LogP contribution in [-0.4, -0.2) is 68.6 Å². The zero-order chi connectivity index (χ0) is 25.3. The van der Waals surface area contributed by atoms with Gasteiger partial charge in [-0.05, 0) is 62.9 Å². The van der Waals surface area contributed by atoms with Gasteiger partial charge in [0, 0.05) is 32.2 Å². The summed E-state index contributed by atoms with van der Waals surface area (Å²) in [5.74, 6) is -0.359. The van der Waals surface area contributed by atoms with Crippen molar-refractivity contribution < 1.29 is 23.8 Å². The van der Waals surface area contributed by atoms with Gasteiger partial charge in [0.25, 0.3) is 0 Å². The van der Waals surface area contributed by atoms with Crippen LogP contribution in [0.25, 0.3) is 0 Å². The van der Waals surface area contributed by atoms with E-state index in [4.69, 9.17) is 14.2 Å². The van der Waals surface area contributed by atoms with E-state index in [1.165, 1.54) is 7.11 Å². The average molecular weight is 556 g/mol. The fourth-order valence-electron chi connectivity index (χ4n) is 4.64. The second-order valence-corrected chi connectivity index (χ2v) is 17.9. The van der Waals surface area contributed by atoms with Crippen molar-refractivity contribution in [2.45, 2.75) is 83.7 Å². The standard InChI is InChI=1S/C25H39BrN2O5Si/c1-25(2,3)33-24(30)27-10-8-9-21(27)28-15-17-13-18(26)14-19(23(29)31-4)22(17)20(28)16-32-11-12-34(5,6)7/h13-14,20-21H,8-12,15-16H2,1-7H3. The molecule has 1 aromatic rings. The molecule has 1 aromatic carbocycles. The molecule has 2 aliphatic rings. The predicted octanol–water partition coefficient (Wildman–Crippen LogP) is 5.80. The maximum atomic E-state index is 13.0. The maximum absolute atomic E-state index is 13.0. The number of nitrogens with zero attached hydrogens (tertiary/aromatic N) is 2. The van der Waals surface area contributed by atoms with Gasteiger partial charge in [0.1, 0.15) is 5.60 Å². The molecule has 0 saturated carbocycles. The second-order valence-electron chi connectivity index (χ2n) is 11.4. The van der Waals surface area contributed by atoms with Gasteiger partial charge in [-0.15, -0.1) is 0 Å². The number of methoxy groups -OCH3 is 1. The van der Waals surface area contributed by atoms with Crippen molar-refractivity contribution in [3.63, 3.8) is 0 Å². The molecular weight excluding hydrogens is 516 g/mol. The Hall–Kier alpha value is -1.42. The number of halogens is 1. The van der Waals surface area contributed by atoms with E-state index in [0.717, 1.165) is 34.5 Å². The molecule has 9 heteroatoms. The molecule has 0 aromatic heterocycles. The molecule has 0 bridgehead atoms. The molecule has 34 heavy (non-hydrogen) atoms. The minimum Gasteiger partial charge on any atom is -0.465 e. The van der Waals surface area contributed by atoms with Gasteiger partial charge in [-0.3, -0.25) is 9.80 Å². The van der Waals surface area contributed by atoms with Crippen LogP contribution in [0.1, 0.15) is 61.1 Å². The number of likely N-dealkylation sites (tertiary alicyclic amines) is 1. The zero-order valence-electron chi connectivity index (χ0n) is 21.6. The molecule has 0 aliphatic carbocycles. The SMILES string of the molecule is COC(=O)c1cc(Br)cc2c1C(COCC[Si](C)(C)C)N(C1CCCN1C(=O)OC(C)(C)C)C2. The van der Waals surface area contributed by atoms with Crippen molar-refractivity contribution in [3.05, 3.63) is 33.3 Å². The van der Waals surface area contributed by atoms with Gasteiger partial charge in [0.05, 0.1) is 31.5 Å². The number of carbonyl (C=O) groups is 2. The lowest BCUT2D eigenvalue weighted by molar-refractivity contribution is -0.0216. The summed E-state index contributed by atoms with van der Waals surface area (Å²) in [6.45, 7) is 15.1. The van der Waals surface area contributed by atoms with Crippen LogP contribution in [0.3, 0.4) is 0 Å². The second kappa shape index (κ2) is 10.7. The Balaban J connectivity index is 1.92. The highest BCUT2D eigenvalue weighted by Crippen LogP contribution is 2.42. The molecule has 0 spiro atoms. The lowest BCUT2D eigenvalue weighted by atomic mass is 9.98. The van der Waals surface area contributed by atoms with Crippen LogP contribution in [0.2, 0.25) is 25.7 Å². The van der Waals surface area contributed by atoms with Crippen LogP contribution in [0.5, 0.6) is 0 Å². The molecule has 0 radical (unpaired) electrons. The molecule has 1 amide bonds. The predicted molar refractivity (Wildman–Crippen MR) is 139 cm³/mol. The summed E-state index contributed by atoms with van der Waals surface area (Å²) in [5, 5.41) is 0. The lowest BCUT2D eigenvalue weighted by Gasteiger charge is -2.37. The number of carbonyl (C=O) groups excluding carboxylic acids is 2. The topological polar surface area (TPSA) is 68.3 Å². The third-order valence-corrected chi connectivity index (χ3v) is 8.39. The van der Waals surface area contributed by atoms with Crippen LogP contribution >= 0.6 is 15.9 Å². The normalized spacial score (nSPS) is 21.0. The average Bonchev–Trinajstić information content (AvgIpc) is 3.32. The fraction of sp³-hybridized carbons (Fsp3) is 0.680. The van der Waals surface area contributed by atoms with Crippen LogP contribution in [0.15, 0.2) is 16.6 Å². The molecule has 0 N–H and O–H groups in total. The Morgan fingerprint density at radius 3 is 2.53 bits per heavy atom. The first-order valence-electron chi connectivity index (χ1n) is 12.0. The highest BCUT2D eigenvalue weighted by atomic mass is 79.9. The van der Waals surface area contributed by atoms with E-state index in [1.54, 1.807) is 0 Å². The number of ether oxygens (including phenoxy) is 3. The molecule has 3 rings (SSSR count). The minimum atomic E-state index is -1.23. The molecule has 2 aliphatic heterocycles. The summed E-state index contributed by atoms with van der Waals surface area (Å²) in [4.78, 5) is 29.9. The van der Waals surface area contributed by atoms with Crippen LogP contribution < -0.4 is 0 Å². The fourth-order valence-corrected chi connectivity index (χ4v) is 5.91. The van der Waals surface area contributed by atoms with Gasteiger partial charge >= 0.3 is 12.1 Å². The van der Waals surface area contributed by atoms with E-state index in [0.29, 0.717) is 31.9 Å². The third-order valence-electron chi connectivity index (χ3n) is 6.23. The lowest BCUT2D eigenvalue weighted by Crippen LogP contribution is -2.48. The molecule has 190 valence electrons. The zero-order valence-corrected chi connectivity index (χ0v) is 24.2. The number of fused-ring (bicyclic) bond motifs is 1. The maximum Gasteiger partial charge on any atom is 0.411 e. The van der Waals surface area contributed by atoms with E-state index in [1.807, 2.05) is 31.7 Å². The highest BCUT2D eigenvalue weighted by molar-refractivity contribution is 9.10. The molecular formula is C25H39BrN2O5Si. The largest absolute Gasteiger partial charge is 0.465 e. The molecule has 7 nitrogen and oxygen atoms in total. The summed E-state index contributed by atoms with van der Waals surface area (Å²) in [5.41, 5.74) is 2.00. The molecule has 1 fully saturated rings. The first kappa shape index (κ1) is 27.2. The Morgan fingerprint density at radius 2 is 1.91 bits per heavy atom. The van der Waals surface area contributed by atoms with Gasteiger partial charge in [0.2, 0.25) is 0 Å². The van der Waals surface area contributed by atoms with Gasteiger partial charge in [-0.25, -0.2) is 9.59 Å². The summed E-state index contributed by atoms with van der Waals surface area (Å²) in [6.07, 6.45) is 1.36. The Bertz CT molecular complexity index is 912. The van der Waals surface area contributed by atoms with Gasteiger partial charge < -0.3 is 14.2 Å². The summed E-state index contributed by atoms with van der Waals surface area (Å²) in [7, 11) is 0.178. The number of esters is 1. The number of benzene rings is 1. The van der Waals surface area contributed by atoms with Gasteiger partial charge in [-0.2, -0.15) is 0 Å². The minimum absolute atomic E-state index is 0.114. The number of rotatable bonds is 7. The monoisotopic (exact) mass is 554 g/mol. The quantitative estimate of drug-likeness (QED) is 0.241. The van der Waals surface area contributed by atoms with Crippen molar-refractivity contribution in [2.75, 3.05) is 26.9 Å². The summed E-state index contributed by atoms with van der Waals surface area (Å²) < 4.78 is 17.9. The highest BCUT2D eigenvalue weighted by Gasteiger charge is 2.44. The van der Waals surface area contributed by atoms with Crippen LogP contribution in [0.4, 0.5) is 4.79 Å². The molecule has 2 unspecified atom stereocenters. The van der Waals surface area contributed by atoms with E-state index in [-0.39, 0.29) is 24.3 Å². The van der Waals surface area contributed by atoms with Gasteiger partial charge in [0.15, 0.2) is 0 Å². The summed E-state index contributed by atoms with van der Waals surface area (Å²) in [6, 6.07) is 4.81. The van der Waals surface area contributed by atoms with Crippen molar-refractivity contribution in [3.8, 4) is 0 Å². The first-order chi connectivity index (χ1) is 15.8. The van der Waals surface area contributed by atoms with Crippen LogP contribution in [0, 0.1) is 0 Å². The third kappa shape index (κ3) is 6.62. The van der Waals surface area contributed by atoms with Crippen molar-refractivity contribution in [1.82, 2.24) is 9.80 Å². The molecule has 2 atom stereocenters. The van der Waals surface area contributed by atoms with E-state index >= 15 is 0 Å². The van der Waals surface area contributed by atoms with E-state index in [2.05, 4.69) is 46.5 Å². The van der Waals surface area contributed by atoms with Crippen molar-refractivity contribution in [1.29, 1.82) is 0 Å². The number of hydrogen-bond acceptors (Lipinski definition) is 6. The van der Waals surface area contributed by atoms with E-state index in [9.17, 15) is 9.59 Å². The molecule has 1 saturated heterocycles. The Kier molecular flexibility index (Phi) is 8.53. The van der Waals surface area contributed by atoms with Gasteiger partial charge in [-0.1, -0.05) is 35.6 Å². The Labute approximate surface area is 213 Å². The Morgan fingerprint density at radius 1 is 1.21 bits per heavy atom. The van der Waals surface area contributed by atoms with Crippen LogP contribution in [-0.2, 0) is 20.8 Å². The number of amides is 1. The van der Waals surface area contributed by atoms with Crippen molar-refractivity contribution >= 4 is 36.1 Å². The first-order valence-corrected chi connectivity index (χ1v) is 16.5.